The molecule has 0 spiro atoms. The van der Waals surface area contributed by atoms with Crippen LogP contribution in [0.5, 0.6) is 0 Å². The molecule has 2 aliphatic carbocycles. The Morgan fingerprint density at radius 1 is 1.05 bits per heavy atom. The third-order valence-electron chi connectivity index (χ3n) is 5.24. The van der Waals surface area contributed by atoms with Gasteiger partial charge >= 0.3 is 0 Å². The average molecular weight is 265 g/mol. The van der Waals surface area contributed by atoms with Gasteiger partial charge in [0.25, 0.3) is 0 Å². The summed E-state index contributed by atoms with van der Waals surface area (Å²) >= 11 is 0. The molecule has 0 saturated heterocycles. The van der Waals surface area contributed by atoms with Crippen LogP contribution in [0.4, 0.5) is 0 Å². The van der Waals surface area contributed by atoms with E-state index in [1.807, 2.05) is 0 Å². The molecule has 2 heteroatoms. The van der Waals surface area contributed by atoms with Gasteiger partial charge in [0.05, 0.1) is 0 Å². The maximum absolute atomic E-state index is 12.6. The smallest absolute Gasteiger partial charge is 0.226 e. The van der Waals surface area contributed by atoms with E-state index in [1.165, 1.54) is 64.2 Å². The van der Waals surface area contributed by atoms with Gasteiger partial charge in [-0.1, -0.05) is 58.3 Å². The topological polar surface area (TPSA) is 29.1 Å². The highest BCUT2D eigenvalue weighted by Crippen LogP contribution is 2.45. The van der Waals surface area contributed by atoms with Crippen LogP contribution in [0.25, 0.3) is 0 Å². The van der Waals surface area contributed by atoms with E-state index in [0.717, 1.165) is 19.3 Å². The summed E-state index contributed by atoms with van der Waals surface area (Å²) < 4.78 is 0. The molecule has 0 radical (unpaired) electrons. The number of carbonyl (C=O) groups excluding carboxylic acids is 1. The predicted octanol–water partition coefficient (Wildman–Crippen LogP) is 4.58. The summed E-state index contributed by atoms with van der Waals surface area (Å²) in [7, 11) is 0. The molecule has 0 aliphatic heterocycles. The van der Waals surface area contributed by atoms with Crippen LogP contribution in [0.2, 0.25) is 0 Å². The van der Waals surface area contributed by atoms with Crippen molar-refractivity contribution >= 4 is 5.91 Å². The Morgan fingerprint density at radius 3 is 2.37 bits per heavy atom. The highest BCUT2D eigenvalue weighted by Gasteiger charge is 2.43. The highest BCUT2D eigenvalue weighted by atomic mass is 16.2. The molecule has 0 aromatic carbocycles. The molecular weight excluding hydrogens is 234 g/mol. The van der Waals surface area contributed by atoms with Crippen molar-refractivity contribution in [1.29, 1.82) is 0 Å². The molecule has 2 fully saturated rings. The van der Waals surface area contributed by atoms with Crippen LogP contribution < -0.4 is 5.32 Å². The van der Waals surface area contributed by atoms with Crippen molar-refractivity contribution in [2.75, 3.05) is 0 Å². The van der Waals surface area contributed by atoms with Crippen molar-refractivity contribution in [2.45, 2.75) is 96.4 Å². The van der Waals surface area contributed by atoms with Crippen LogP contribution in [0.1, 0.15) is 90.4 Å². The fourth-order valence-electron chi connectivity index (χ4n) is 3.67. The Bertz CT molecular complexity index is 277. The second-order valence-corrected chi connectivity index (χ2v) is 6.75. The van der Waals surface area contributed by atoms with Crippen LogP contribution in [-0.2, 0) is 4.79 Å². The van der Waals surface area contributed by atoms with E-state index in [9.17, 15) is 4.79 Å². The number of carbonyl (C=O) groups is 1. The van der Waals surface area contributed by atoms with E-state index >= 15 is 0 Å². The Balaban J connectivity index is 1.76. The van der Waals surface area contributed by atoms with Gasteiger partial charge < -0.3 is 5.32 Å². The van der Waals surface area contributed by atoms with Crippen molar-refractivity contribution in [3.8, 4) is 0 Å². The van der Waals surface area contributed by atoms with Crippen molar-refractivity contribution in [3.05, 3.63) is 0 Å². The van der Waals surface area contributed by atoms with Gasteiger partial charge in [-0.05, 0) is 32.1 Å². The molecule has 2 aliphatic rings. The predicted molar refractivity (Wildman–Crippen MR) is 80.1 cm³/mol. The Labute approximate surface area is 118 Å². The fraction of sp³-hybridized carbons (Fsp3) is 0.941. The minimum Gasteiger partial charge on any atom is -0.353 e. The Kier molecular flexibility index (Phi) is 5.72. The molecule has 2 nitrogen and oxygen atoms in total. The zero-order valence-corrected chi connectivity index (χ0v) is 12.7. The van der Waals surface area contributed by atoms with Gasteiger partial charge in [-0.25, -0.2) is 0 Å². The van der Waals surface area contributed by atoms with E-state index in [-0.39, 0.29) is 5.41 Å². The molecule has 0 aromatic heterocycles. The van der Waals surface area contributed by atoms with E-state index in [0.29, 0.717) is 11.9 Å². The van der Waals surface area contributed by atoms with Gasteiger partial charge in [-0.3, -0.25) is 4.79 Å². The van der Waals surface area contributed by atoms with E-state index < -0.39 is 0 Å². The SMILES string of the molecule is CCCCCCC1(C(=O)NC2CCCCC2)CCC1. The molecule has 19 heavy (non-hydrogen) atoms. The summed E-state index contributed by atoms with van der Waals surface area (Å²) in [6.07, 6.45) is 16.2. The zero-order chi connectivity index (χ0) is 13.6. The largest absolute Gasteiger partial charge is 0.353 e. The van der Waals surface area contributed by atoms with Crippen molar-refractivity contribution < 1.29 is 4.79 Å². The first-order valence-corrected chi connectivity index (χ1v) is 8.58. The van der Waals surface area contributed by atoms with E-state index in [2.05, 4.69) is 12.2 Å². The third-order valence-corrected chi connectivity index (χ3v) is 5.24. The third kappa shape index (κ3) is 3.97. The van der Waals surface area contributed by atoms with E-state index in [4.69, 9.17) is 0 Å². The Hall–Kier alpha value is -0.530. The lowest BCUT2D eigenvalue weighted by molar-refractivity contribution is -0.137. The zero-order valence-electron chi connectivity index (χ0n) is 12.7. The standard InChI is InChI=1S/C17H31NO/c1-2-3-4-8-12-17(13-9-14-17)16(19)18-15-10-6-5-7-11-15/h15H,2-14H2,1H3,(H,18,19). The highest BCUT2D eigenvalue weighted by molar-refractivity contribution is 5.83. The van der Waals surface area contributed by atoms with Gasteiger partial charge in [0.15, 0.2) is 0 Å². The van der Waals surface area contributed by atoms with Gasteiger partial charge in [0, 0.05) is 11.5 Å². The summed E-state index contributed by atoms with van der Waals surface area (Å²) in [5.74, 6) is 0.391. The van der Waals surface area contributed by atoms with Crippen LogP contribution in [0, 0.1) is 5.41 Å². The fourth-order valence-corrected chi connectivity index (χ4v) is 3.67. The van der Waals surface area contributed by atoms with Crippen LogP contribution in [-0.4, -0.2) is 11.9 Å². The first kappa shape index (κ1) is 14.9. The summed E-state index contributed by atoms with van der Waals surface area (Å²) in [6.45, 7) is 2.24. The summed E-state index contributed by atoms with van der Waals surface area (Å²) in [5.41, 5.74) is 0.0329. The maximum atomic E-state index is 12.6. The normalized spacial score (nSPS) is 22.8. The number of nitrogens with one attached hydrogen (secondary N) is 1. The van der Waals surface area contributed by atoms with Gasteiger partial charge in [0.1, 0.15) is 0 Å². The van der Waals surface area contributed by atoms with E-state index in [1.54, 1.807) is 0 Å². The molecule has 1 N–H and O–H groups in total. The monoisotopic (exact) mass is 265 g/mol. The number of hydrogen-bond donors (Lipinski definition) is 1. The number of rotatable bonds is 7. The number of amides is 1. The maximum Gasteiger partial charge on any atom is 0.226 e. The molecule has 0 bridgehead atoms. The lowest BCUT2D eigenvalue weighted by Gasteiger charge is -2.42. The van der Waals surface area contributed by atoms with Crippen LogP contribution in [0.3, 0.4) is 0 Å². The lowest BCUT2D eigenvalue weighted by atomic mass is 9.65. The van der Waals surface area contributed by atoms with Gasteiger partial charge in [0.2, 0.25) is 5.91 Å². The molecule has 110 valence electrons. The quantitative estimate of drug-likeness (QED) is 0.671. The molecule has 2 saturated carbocycles. The molecular formula is C17H31NO. The average Bonchev–Trinajstić information content (AvgIpc) is 2.38. The Morgan fingerprint density at radius 2 is 1.79 bits per heavy atom. The van der Waals surface area contributed by atoms with Crippen molar-refractivity contribution in [2.24, 2.45) is 5.41 Å². The molecule has 0 atom stereocenters. The first-order valence-electron chi connectivity index (χ1n) is 8.58. The van der Waals surface area contributed by atoms with Crippen LogP contribution >= 0.6 is 0 Å². The summed E-state index contributed by atoms with van der Waals surface area (Å²) in [5, 5.41) is 3.36. The summed E-state index contributed by atoms with van der Waals surface area (Å²) in [4.78, 5) is 12.6. The lowest BCUT2D eigenvalue weighted by Crippen LogP contribution is -2.49. The minimum atomic E-state index is 0.0329. The summed E-state index contributed by atoms with van der Waals surface area (Å²) in [6, 6.07) is 0.481. The van der Waals surface area contributed by atoms with Crippen LogP contribution in [0.15, 0.2) is 0 Å². The first-order chi connectivity index (χ1) is 9.27. The molecule has 2 rings (SSSR count). The second-order valence-electron chi connectivity index (χ2n) is 6.75. The van der Waals surface area contributed by atoms with Crippen molar-refractivity contribution in [1.82, 2.24) is 5.32 Å². The van der Waals surface area contributed by atoms with Crippen molar-refractivity contribution in [3.63, 3.8) is 0 Å². The molecule has 0 unspecified atom stereocenters. The molecule has 0 heterocycles. The second kappa shape index (κ2) is 7.31. The molecule has 1 amide bonds. The van der Waals surface area contributed by atoms with Gasteiger partial charge in [-0.15, -0.1) is 0 Å². The number of hydrogen-bond acceptors (Lipinski definition) is 1. The molecule has 0 aromatic rings. The number of unbranched alkanes of at least 4 members (excludes halogenated alkanes) is 3. The van der Waals surface area contributed by atoms with Gasteiger partial charge in [-0.2, -0.15) is 0 Å². The minimum absolute atomic E-state index is 0.0329.